The first-order valence-electron chi connectivity index (χ1n) is 5.19. The molecule has 0 radical (unpaired) electrons. The van der Waals surface area contributed by atoms with Crippen LogP contribution in [0.4, 0.5) is 0 Å². The molecule has 2 rings (SSSR count). The summed E-state index contributed by atoms with van der Waals surface area (Å²) in [5, 5.41) is 8.96. The maximum absolute atomic E-state index is 11.6. The molecule has 15 heavy (non-hydrogen) atoms. The van der Waals surface area contributed by atoms with Gasteiger partial charge in [-0.2, -0.15) is 0 Å². The standard InChI is InChI=1S/C12H15NO2/c1-9-11(8-14)12(15)13(9)7-10-5-3-2-4-6-10/h2-6,9,11,14H,7-8H2,1H3/t9-,11+/m1/s1. The summed E-state index contributed by atoms with van der Waals surface area (Å²) in [6.07, 6.45) is 0. The van der Waals surface area contributed by atoms with E-state index in [0.29, 0.717) is 6.54 Å². The lowest BCUT2D eigenvalue weighted by Gasteiger charge is -2.44. The summed E-state index contributed by atoms with van der Waals surface area (Å²) in [4.78, 5) is 13.4. The van der Waals surface area contributed by atoms with Gasteiger partial charge in [0.1, 0.15) is 0 Å². The van der Waals surface area contributed by atoms with Crippen LogP contribution in [0.15, 0.2) is 30.3 Å². The first-order chi connectivity index (χ1) is 7.24. The van der Waals surface area contributed by atoms with Gasteiger partial charge in [-0.3, -0.25) is 4.79 Å². The van der Waals surface area contributed by atoms with Crippen molar-refractivity contribution in [1.29, 1.82) is 0 Å². The SMILES string of the molecule is C[C@@H]1[C@H](CO)C(=O)N1Cc1ccccc1. The third-order valence-electron chi connectivity index (χ3n) is 3.07. The number of carbonyl (C=O) groups excluding carboxylic acids is 1. The molecule has 2 atom stereocenters. The highest BCUT2D eigenvalue weighted by molar-refractivity contribution is 5.85. The molecule has 0 spiro atoms. The number of β-lactam (4-membered cyclic amide) rings is 1. The molecule has 1 amide bonds. The molecule has 1 aromatic carbocycles. The molecule has 1 fully saturated rings. The van der Waals surface area contributed by atoms with Crippen LogP contribution >= 0.6 is 0 Å². The van der Waals surface area contributed by atoms with Crippen molar-refractivity contribution >= 4 is 5.91 Å². The van der Waals surface area contributed by atoms with Gasteiger partial charge < -0.3 is 10.0 Å². The van der Waals surface area contributed by atoms with E-state index in [9.17, 15) is 4.79 Å². The minimum absolute atomic E-state index is 0.0364. The normalized spacial score (nSPS) is 25.2. The molecule has 0 saturated carbocycles. The number of benzene rings is 1. The van der Waals surface area contributed by atoms with Crippen molar-refractivity contribution in [3.05, 3.63) is 35.9 Å². The Morgan fingerprint density at radius 2 is 2.00 bits per heavy atom. The zero-order valence-corrected chi connectivity index (χ0v) is 8.76. The van der Waals surface area contributed by atoms with Gasteiger partial charge in [0.2, 0.25) is 5.91 Å². The van der Waals surface area contributed by atoms with Crippen molar-refractivity contribution in [2.75, 3.05) is 6.61 Å². The molecular weight excluding hydrogens is 190 g/mol. The highest BCUT2D eigenvalue weighted by Gasteiger charge is 2.43. The third kappa shape index (κ3) is 1.75. The molecule has 1 aromatic rings. The Labute approximate surface area is 89.3 Å². The van der Waals surface area contributed by atoms with E-state index in [1.807, 2.05) is 37.3 Å². The minimum atomic E-state index is -0.186. The van der Waals surface area contributed by atoms with Crippen molar-refractivity contribution in [3.63, 3.8) is 0 Å². The molecule has 3 heteroatoms. The van der Waals surface area contributed by atoms with Crippen molar-refractivity contribution in [1.82, 2.24) is 4.90 Å². The van der Waals surface area contributed by atoms with Gasteiger partial charge in [0.25, 0.3) is 0 Å². The number of hydrogen-bond donors (Lipinski definition) is 1. The van der Waals surface area contributed by atoms with Gasteiger partial charge >= 0.3 is 0 Å². The summed E-state index contributed by atoms with van der Waals surface area (Å²) in [7, 11) is 0. The lowest BCUT2D eigenvalue weighted by Crippen LogP contribution is -2.60. The van der Waals surface area contributed by atoms with E-state index in [1.165, 1.54) is 0 Å². The van der Waals surface area contributed by atoms with E-state index in [-0.39, 0.29) is 24.5 Å². The molecule has 0 aliphatic carbocycles. The second-order valence-electron chi connectivity index (χ2n) is 3.98. The highest BCUT2D eigenvalue weighted by Crippen LogP contribution is 2.27. The van der Waals surface area contributed by atoms with Crippen LogP contribution in [0.3, 0.4) is 0 Å². The maximum Gasteiger partial charge on any atom is 0.230 e. The van der Waals surface area contributed by atoms with Crippen LogP contribution in [0.25, 0.3) is 0 Å². The van der Waals surface area contributed by atoms with Gasteiger partial charge in [-0.25, -0.2) is 0 Å². The van der Waals surface area contributed by atoms with Crippen LogP contribution < -0.4 is 0 Å². The van der Waals surface area contributed by atoms with Crippen LogP contribution in [0, 0.1) is 5.92 Å². The molecule has 0 aromatic heterocycles. The Kier molecular flexibility index (Phi) is 2.73. The predicted molar refractivity (Wildman–Crippen MR) is 57.0 cm³/mol. The average Bonchev–Trinajstić information content (AvgIpc) is 2.28. The Hall–Kier alpha value is -1.35. The number of likely N-dealkylation sites (tertiary alicyclic amines) is 1. The quantitative estimate of drug-likeness (QED) is 0.749. The monoisotopic (exact) mass is 205 g/mol. The molecule has 1 heterocycles. The molecule has 1 N–H and O–H groups in total. The largest absolute Gasteiger partial charge is 0.395 e. The first kappa shape index (κ1) is 10.2. The fourth-order valence-electron chi connectivity index (χ4n) is 1.99. The van der Waals surface area contributed by atoms with Crippen LogP contribution in [-0.2, 0) is 11.3 Å². The van der Waals surface area contributed by atoms with E-state index in [0.717, 1.165) is 5.56 Å². The number of nitrogens with zero attached hydrogens (tertiary/aromatic N) is 1. The molecule has 1 saturated heterocycles. The van der Waals surface area contributed by atoms with Gasteiger partial charge in [-0.1, -0.05) is 30.3 Å². The second-order valence-corrected chi connectivity index (χ2v) is 3.98. The number of rotatable bonds is 3. The zero-order chi connectivity index (χ0) is 10.8. The third-order valence-corrected chi connectivity index (χ3v) is 3.07. The van der Waals surface area contributed by atoms with Gasteiger partial charge in [-0.05, 0) is 12.5 Å². The zero-order valence-electron chi connectivity index (χ0n) is 8.76. The van der Waals surface area contributed by atoms with E-state index in [1.54, 1.807) is 4.90 Å². The Morgan fingerprint density at radius 1 is 1.33 bits per heavy atom. The number of aliphatic hydroxyl groups excluding tert-OH is 1. The lowest BCUT2D eigenvalue weighted by atomic mass is 9.89. The Balaban J connectivity index is 2.01. The number of aliphatic hydroxyl groups is 1. The van der Waals surface area contributed by atoms with E-state index >= 15 is 0 Å². The van der Waals surface area contributed by atoms with E-state index in [2.05, 4.69) is 0 Å². The topological polar surface area (TPSA) is 40.5 Å². The molecule has 1 aliphatic rings. The summed E-state index contributed by atoms with van der Waals surface area (Å²) in [6, 6.07) is 10.1. The van der Waals surface area contributed by atoms with E-state index in [4.69, 9.17) is 5.11 Å². The summed E-state index contributed by atoms with van der Waals surface area (Å²) in [5.74, 6) is -0.123. The smallest absolute Gasteiger partial charge is 0.230 e. The van der Waals surface area contributed by atoms with Crippen LogP contribution in [0.5, 0.6) is 0 Å². The fraction of sp³-hybridized carbons (Fsp3) is 0.417. The summed E-state index contributed by atoms with van der Waals surface area (Å²) in [6.45, 7) is 2.59. The summed E-state index contributed by atoms with van der Waals surface area (Å²) < 4.78 is 0. The molecule has 0 unspecified atom stereocenters. The lowest BCUT2D eigenvalue weighted by molar-refractivity contribution is -0.158. The summed E-state index contributed by atoms with van der Waals surface area (Å²) >= 11 is 0. The van der Waals surface area contributed by atoms with Crippen molar-refractivity contribution < 1.29 is 9.90 Å². The van der Waals surface area contributed by atoms with Crippen molar-refractivity contribution in [3.8, 4) is 0 Å². The van der Waals surface area contributed by atoms with Gasteiger partial charge in [-0.15, -0.1) is 0 Å². The van der Waals surface area contributed by atoms with Crippen LogP contribution in [0.2, 0.25) is 0 Å². The highest BCUT2D eigenvalue weighted by atomic mass is 16.3. The van der Waals surface area contributed by atoms with Crippen LogP contribution in [0.1, 0.15) is 12.5 Å². The molecule has 1 aliphatic heterocycles. The maximum atomic E-state index is 11.6. The molecule has 3 nitrogen and oxygen atoms in total. The van der Waals surface area contributed by atoms with Crippen molar-refractivity contribution in [2.45, 2.75) is 19.5 Å². The average molecular weight is 205 g/mol. The number of hydrogen-bond acceptors (Lipinski definition) is 2. The minimum Gasteiger partial charge on any atom is -0.395 e. The first-order valence-corrected chi connectivity index (χ1v) is 5.19. The second kappa shape index (κ2) is 4.03. The molecule has 80 valence electrons. The summed E-state index contributed by atoms with van der Waals surface area (Å²) in [5.41, 5.74) is 1.13. The van der Waals surface area contributed by atoms with Crippen molar-refractivity contribution in [2.24, 2.45) is 5.92 Å². The van der Waals surface area contributed by atoms with E-state index < -0.39 is 0 Å². The molecular formula is C12H15NO2. The Morgan fingerprint density at radius 3 is 2.53 bits per heavy atom. The number of amides is 1. The Bertz CT molecular complexity index is 350. The van der Waals surface area contributed by atoms with Gasteiger partial charge in [0, 0.05) is 12.6 Å². The predicted octanol–water partition coefficient (Wildman–Crippen LogP) is 1.03. The molecule has 0 bridgehead atoms. The van der Waals surface area contributed by atoms with Crippen LogP contribution in [-0.4, -0.2) is 28.6 Å². The van der Waals surface area contributed by atoms with Gasteiger partial charge in [0.15, 0.2) is 0 Å². The van der Waals surface area contributed by atoms with Gasteiger partial charge in [0.05, 0.1) is 12.5 Å². The number of carbonyl (C=O) groups is 1. The fourth-order valence-corrected chi connectivity index (χ4v) is 1.99.